The second-order valence-corrected chi connectivity index (χ2v) is 4.66. The number of hydrogen-bond donors (Lipinski definition) is 2. The van der Waals surface area contributed by atoms with Crippen molar-refractivity contribution in [1.82, 2.24) is 0 Å². The summed E-state index contributed by atoms with van der Waals surface area (Å²) < 4.78 is 10.2. The van der Waals surface area contributed by atoms with Crippen LogP contribution in [-0.4, -0.2) is 18.0 Å². The third-order valence-electron chi connectivity index (χ3n) is 2.86. The third kappa shape index (κ3) is 3.99. The van der Waals surface area contributed by atoms with E-state index >= 15 is 0 Å². The maximum atomic E-state index is 11.9. The van der Waals surface area contributed by atoms with Crippen LogP contribution < -0.4 is 16.2 Å². The van der Waals surface area contributed by atoms with Crippen LogP contribution in [0.5, 0.6) is 5.75 Å². The monoisotopic (exact) mass is 300 g/mol. The van der Waals surface area contributed by atoms with E-state index in [4.69, 9.17) is 20.9 Å². The normalized spacial score (nSPS) is 11.5. The molecule has 0 radical (unpaired) electrons. The van der Waals surface area contributed by atoms with Crippen molar-refractivity contribution in [2.24, 2.45) is 0 Å². The van der Waals surface area contributed by atoms with E-state index in [2.05, 4.69) is 0 Å². The van der Waals surface area contributed by atoms with Gasteiger partial charge in [0.25, 0.3) is 0 Å². The van der Waals surface area contributed by atoms with E-state index < -0.39 is 18.0 Å². The van der Waals surface area contributed by atoms with Crippen LogP contribution in [0.4, 0.5) is 11.4 Å². The fraction of sp³-hybridized carbons (Fsp3) is 0.125. The van der Waals surface area contributed by atoms with E-state index in [0.717, 1.165) is 0 Å². The largest absolute Gasteiger partial charge is 0.447 e. The van der Waals surface area contributed by atoms with Crippen molar-refractivity contribution in [3.63, 3.8) is 0 Å². The predicted molar refractivity (Wildman–Crippen MR) is 82.2 cm³/mol. The van der Waals surface area contributed by atoms with Gasteiger partial charge in [-0.3, -0.25) is 0 Å². The first kappa shape index (κ1) is 15.4. The molecule has 6 heteroatoms. The Morgan fingerprint density at radius 2 is 1.41 bits per heavy atom. The maximum absolute atomic E-state index is 11.9. The molecule has 0 aliphatic heterocycles. The van der Waals surface area contributed by atoms with Crippen molar-refractivity contribution in [2.75, 3.05) is 11.5 Å². The number of nitrogen functional groups attached to an aromatic ring is 2. The minimum atomic E-state index is -1.04. The van der Waals surface area contributed by atoms with Gasteiger partial charge in [0.1, 0.15) is 5.75 Å². The van der Waals surface area contributed by atoms with Crippen LogP contribution in [0, 0.1) is 0 Å². The molecule has 0 fully saturated rings. The van der Waals surface area contributed by atoms with E-state index in [0.29, 0.717) is 22.7 Å². The Hall–Kier alpha value is -3.02. The zero-order valence-electron chi connectivity index (χ0n) is 12.0. The molecule has 22 heavy (non-hydrogen) atoms. The fourth-order valence-corrected chi connectivity index (χ4v) is 1.63. The second kappa shape index (κ2) is 6.62. The van der Waals surface area contributed by atoms with Crippen molar-refractivity contribution in [3.05, 3.63) is 54.1 Å². The van der Waals surface area contributed by atoms with Crippen LogP contribution >= 0.6 is 0 Å². The molecule has 0 aliphatic rings. The van der Waals surface area contributed by atoms with Crippen molar-refractivity contribution >= 4 is 23.3 Å². The van der Waals surface area contributed by atoms with Gasteiger partial charge in [0.05, 0.1) is 5.56 Å². The van der Waals surface area contributed by atoms with Gasteiger partial charge < -0.3 is 20.9 Å². The third-order valence-corrected chi connectivity index (χ3v) is 2.86. The number of carbonyl (C=O) groups is 2. The Labute approximate surface area is 127 Å². The summed E-state index contributed by atoms with van der Waals surface area (Å²) in [6, 6.07) is 12.5. The molecular formula is C16H16N2O4. The Kier molecular flexibility index (Phi) is 4.63. The van der Waals surface area contributed by atoms with Gasteiger partial charge in [-0.05, 0) is 55.5 Å². The zero-order valence-corrected chi connectivity index (χ0v) is 12.0. The lowest BCUT2D eigenvalue weighted by molar-refractivity contribution is -0.143. The molecule has 114 valence electrons. The van der Waals surface area contributed by atoms with E-state index in [1.54, 1.807) is 36.4 Å². The summed E-state index contributed by atoms with van der Waals surface area (Å²) in [5.41, 5.74) is 12.5. The van der Waals surface area contributed by atoms with Crippen LogP contribution in [0.3, 0.4) is 0 Å². The number of rotatable bonds is 4. The number of esters is 2. The first-order valence-corrected chi connectivity index (χ1v) is 6.59. The van der Waals surface area contributed by atoms with Crippen LogP contribution in [0.25, 0.3) is 0 Å². The minimum absolute atomic E-state index is 0.307. The quantitative estimate of drug-likeness (QED) is 0.508. The van der Waals surface area contributed by atoms with Crippen LogP contribution in [0.2, 0.25) is 0 Å². The first-order valence-electron chi connectivity index (χ1n) is 6.59. The molecule has 6 nitrogen and oxygen atoms in total. The lowest BCUT2D eigenvalue weighted by Crippen LogP contribution is -2.28. The summed E-state index contributed by atoms with van der Waals surface area (Å²) in [4.78, 5) is 23.7. The van der Waals surface area contributed by atoms with Gasteiger partial charge in [0, 0.05) is 11.4 Å². The van der Waals surface area contributed by atoms with Crippen molar-refractivity contribution < 1.29 is 19.1 Å². The smallest absolute Gasteiger partial charge is 0.352 e. The molecule has 1 atom stereocenters. The molecule has 0 bridgehead atoms. The van der Waals surface area contributed by atoms with E-state index in [-0.39, 0.29) is 0 Å². The van der Waals surface area contributed by atoms with Crippen molar-refractivity contribution in [1.29, 1.82) is 0 Å². The fourth-order valence-electron chi connectivity index (χ4n) is 1.63. The number of carbonyl (C=O) groups excluding carboxylic acids is 2. The highest BCUT2D eigenvalue weighted by Crippen LogP contribution is 2.15. The summed E-state index contributed by atoms with van der Waals surface area (Å²) in [6.07, 6.45) is -1.04. The number of hydrogen-bond acceptors (Lipinski definition) is 6. The molecule has 0 saturated carbocycles. The topological polar surface area (TPSA) is 105 Å². The highest BCUT2D eigenvalue weighted by atomic mass is 16.6. The van der Waals surface area contributed by atoms with Crippen molar-refractivity contribution in [3.8, 4) is 5.75 Å². The molecular weight excluding hydrogens is 284 g/mol. The summed E-state index contributed by atoms with van der Waals surface area (Å²) in [5.74, 6) is -0.968. The van der Waals surface area contributed by atoms with Gasteiger partial charge in [-0.15, -0.1) is 0 Å². The highest BCUT2D eigenvalue weighted by molar-refractivity contribution is 5.91. The van der Waals surface area contributed by atoms with E-state index in [1.165, 1.54) is 19.1 Å². The number of benzene rings is 2. The van der Waals surface area contributed by atoms with Crippen LogP contribution in [0.1, 0.15) is 17.3 Å². The van der Waals surface area contributed by atoms with Gasteiger partial charge >= 0.3 is 11.9 Å². The molecule has 2 aromatic carbocycles. The Morgan fingerprint density at radius 1 is 0.909 bits per heavy atom. The van der Waals surface area contributed by atoms with Gasteiger partial charge in [0.2, 0.25) is 0 Å². The summed E-state index contributed by atoms with van der Waals surface area (Å²) in [6.45, 7) is 1.44. The molecule has 0 amide bonds. The van der Waals surface area contributed by atoms with Gasteiger partial charge in [-0.1, -0.05) is 0 Å². The minimum Gasteiger partial charge on any atom is -0.447 e. The highest BCUT2D eigenvalue weighted by Gasteiger charge is 2.20. The number of ether oxygens (including phenoxy) is 2. The van der Waals surface area contributed by atoms with Gasteiger partial charge in [-0.25, -0.2) is 9.59 Å². The number of nitrogens with two attached hydrogens (primary N) is 2. The average molecular weight is 300 g/mol. The predicted octanol–water partition coefficient (Wildman–Crippen LogP) is 2.00. The van der Waals surface area contributed by atoms with E-state index in [9.17, 15) is 9.59 Å². The zero-order chi connectivity index (χ0) is 16.1. The molecule has 0 heterocycles. The Morgan fingerprint density at radius 3 is 1.95 bits per heavy atom. The van der Waals surface area contributed by atoms with Crippen LogP contribution in [0.15, 0.2) is 48.5 Å². The molecule has 0 spiro atoms. The van der Waals surface area contributed by atoms with Crippen molar-refractivity contribution in [2.45, 2.75) is 13.0 Å². The molecule has 4 N–H and O–H groups in total. The second-order valence-electron chi connectivity index (χ2n) is 4.66. The lowest BCUT2D eigenvalue weighted by atomic mass is 10.2. The molecule has 1 unspecified atom stereocenters. The van der Waals surface area contributed by atoms with Crippen LogP contribution in [-0.2, 0) is 9.53 Å². The lowest BCUT2D eigenvalue weighted by Gasteiger charge is -2.12. The first-order chi connectivity index (χ1) is 10.5. The molecule has 0 saturated heterocycles. The molecule has 2 aromatic rings. The summed E-state index contributed by atoms with van der Waals surface area (Å²) in [5, 5.41) is 0. The average Bonchev–Trinajstić information content (AvgIpc) is 2.50. The molecule has 2 rings (SSSR count). The molecule has 0 aliphatic carbocycles. The molecule has 0 aromatic heterocycles. The Bertz CT molecular complexity index is 666. The summed E-state index contributed by atoms with van der Waals surface area (Å²) in [7, 11) is 0. The Balaban J connectivity index is 1.94. The van der Waals surface area contributed by atoms with Gasteiger partial charge in [-0.2, -0.15) is 0 Å². The maximum Gasteiger partial charge on any atom is 0.352 e. The summed E-state index contributed by atoms with van der Waals surface area (Å²) >= 11 is 0. The SMILES string of the molecule is CC(OC(=O)c1ccc(N)cc1)C(=O)Oc1ccc(N)cc1. The standard InChI is InChI=1S/C16H16N2O4/c1-10(15(19)22-14-8-6-13(18)7-9-14)21-16(20)11-2-4-12(17)5-3-11/h2-10H,17-18H2,1H3. The van der Waals surface area contributed by atoms with E-state index in [1.807, 2.05) is 0 Å². The van der Waals surface area contributed by atoms with Gasteiger partial charge in [0.15, 0.2) is 6.10 Å². The number of anilines is 2.